The summed E-state index contributed by atoms with van der Waals surface area (Å²) in [5.41, 5.74) is 0.801. The van der Waals surface area contributed by atoms with Crippen LogP contribution in [0.5, 0.6) is 11.5 Å². The van der Waals surface area contributed by atoms with Crippen LogP contribution >= 0.6 is 0 Å². The number of hydrogen-bond donors (Lipinski definition) is 1. The molecule has 8 nitrogen and oxygen atoms in total. The van der Waals surface area contributed by atoms with E-state index in [1.165, 1.54) is 17.8 Å². The van der Waals surface area contributed by atoms with E-state index < -0.39 is 11.9 Å². The number of benzene rings is 1. The zero-order valence-electron chi connectivity index (χ0n) is 18.6. The number of ether oxygens (including phenoxy) is 2. The molecule has 0 spiro atoms. The summed E-state index contributed by atoms with van der Waals surface area (Å²) < 4.78 is 52.3. The van der Waals surface area contributed by atoms with Gasteiger partial charge in [-0.05, 0) is 44.5 Å². The highest BCUT2D eigenvalue weighted by atomic mass is 19.4. The number of nitrogens with zero attached hydrogens (tertiary/aromatic N) is 4. The van der Waals surface area contributed by atoms with Crippen LogP contribution in [-0.2, 0) is 24.1 Å². The van der Waals surface area contributed by atoms with Gasteiger partial charge in [-0.2, -0.15) is 23.4 Å². The molecule has 0 fully saturated rings. The molecule has 0 saturated carbocycles. The fourth-order valence-corrected chi connectivity index (χ4v) is 3.20. The maximum Gasteiger partial charge on any atom is 0.435 e. The van der Waals surface area contributed by atoms with Crippen molar-refractivity contribution in [3.63, 3.8) is 0 Å². The molecule has 3 rings (SSSR count). The van der Waals surface area contributed by atoms with Crippen molar-refractivity contribution in [2.45, 2.75) is 46.5 Å². The zero-order valence-corrected chi connectivity index (χ0v) is 18.6. The largest absolute Gasteiger partial charge is 0.490 e. The van der Waals surface area contributed by atoms with E-state index in [0.29, 0.717) is 42.6 Å². The van der Waals surface area contributed by atoms with E-state index >= 15 is 0 Å². The second kappa shape index (κ2) is 10.4. The van der Waals surface area contributed by atoms with E-state index in [1.807, 2.05) is 32.0 Å². The minimum Gasteiger partial charge on any atom is -0.490 e. The Morgan fingerprint density at radius 1 is 1.12 bits per heavy atom. The van der Waals surface area contributed by atoms with E-state index in [4.69, 9.17) is 9.47 Å². The van der Waals surface area contributed by atoms with Gasteiger partial charge in [-0.3, -0.25) is 14.2 Å². The SMILES string of the molecule is CCOc1ccc(Cn2cc(NC(=O)CCn3nc(C(F)(F)F)cc3C)cn2)cc1OCC. The number of halogens is 3. The Balaban J connectivity index is 1.57. The van der Waals surface area contributed by atoms with Gasteiger partial charge in [-0.1, -0.05) is 6.07 Å². The summed E-state index contributed by atoms with van der Waals surface area (Å²) in [6, 6.07) is 6.60. The van der Waals surface area contributed by atoms with Gasteiger partial charge in [0.1, 0.15) is 0 Å². The summed E-state index contributed by atoms with van der Waals surface area (Å²) in [5, 5.41) is 10.5. The van der Waals surface area contributed by atoms with Gasteiger partial charge in [0.15, 0.2) is 17.2 Å². The number of rotatable bonds is 10. The summed E-state index contributed by atoms with van der Waals surface area (Å²) in [5.74, 6) is 0.976. The molecular formula is C22H26F3N5O3. The van der Waals surface area contributed by atoms with Crippen molar-refractivity contribution in [3.8, 4) is 11.5 Å². The molecule has 2 heterocycles. The predicted molar refractivity (Wildman–Crippen MR) is 115 cm³/mol. The number of amides is 1. The van der Waals surface area contributed by atoms with Crippen molar-refractivity contribution < 1.29 is 27.4 Å². The number of hydrogen-bond acceptors (Lipinski definition) is 5. The molecule has 1 amide bonds. The summed E-state index contributed by atoms with van der Waals surface area (Å²) in [6.07, 6.45) is -1.35. The molecule has 2 aromatic heterocycles. The molecule has 0 atom stereocenters. The molecule has 33 heavy (non-hydrogen) atoms. The topological polar surface area (TPSA) is 83.2 Å². The molecule has 1 aromatic carbocycles. The first-order valence-corrected chi connectivity index (χ1v) is 10.5. The number of nitrogens with one attached hydrogen (secondary N) is 1. The van der Waals surface area contributed by atoms with Gasteiger partial charge >= 0.3 is 6.18 Å². The van der Waals surface area contributed by atoms with Gasteiger partial charge < -0.3 is 14.8 Å². The molecule has 0 bridgehead atoms. The minimum absolute atomic E-state index is 0.0262. The molecule has 0 aliphatic rings. The van der Waals surface area contributed by atoms with Crippen molar-refractivity contribution in [2.75, 3.05) is 18.5 Å². The average molecular weight is 465 g/mol. The van der Waals surface area contributed by atoms with Crippen LogP contribution in [0.2, 0.25) is 0 Å². The van der Waals surface area contributed by atoms with Crippen LogP contribution in [0.25, 0.3) is 0 Å². The Morgan fingerprint density at radius 3 is 2.52 bits per heavy atom. The van der Waals surface area contributed by atoms with Crippen LogP contribution < -0.4 is 14.8 Å². The van der Waals surface area contributed by atoms with Crippen LogP contribution in [0.3, 0.4) is 0 Å². The number of carbonyl (C=O) groups excluding carboxylic acids is 1. The van der Waals surface area contributed by atoms with Gasteiger partial charge in [-0.15, -0.1) is 0 Å². The third kappa shape index (κ3) is 6.50. The highest BCUT2D eigenvalue weighted by molar-refractivity contribution is 5.90. The molecular weight excluding hydrogens is 439 g/mol. The minimum atomic E-state index is -4.51. The first-order valence-electron chi connectivity index (χ1n) is 10.5. The van der Waals surface area contributed by atoms with Crippen molar-refractivity contribution in [2.24, 2.45) is 0 Å². The lowest BCUT2D eigenvalue weighted by Crippen LogP contribution is -2.16. The number of carbonyl (C=O) groups is 1. The van der Waals surface area contributed by atoms with E-state index in [-0.39, 0.29) is 18.9 Å². The standard InChI is InChI=1S/C22H26F3N5O3/c1-4-32-18-7-6-16(11-19(18)33-5-2)13-29-14-17(12-26-29)27-21(31)8-9-30-15(3)10-20(28-30)22(23,24)25/h6-7,10-12,14H,4-5,8-9,13H2,1-3H3,(H,27,31). The highest BCUT2D eigenvalue weighted by Crippen LogP contribution is 2.29. The van der Waals surface area contributed by atoms with Crippen LogP contribution in [0.15, 0.2) is 36.7 Å². The van der Waals surface area contributed by atoms with Crippen molar-refractivity contribution in [3.05, 3.63) is 53.6 Å². The number of anilines is 1. The zero-order chi connectivity index (χ0) is 24.0. The van der Waals surface area contributed by atoms with Crippen LogP contribution in [0.1, 0.15) is 37.2 Å². The lowest BCUT2D eigenvalue weighted by atomic mass is 10.2. The Bertz CT molecular complexity index is 1090. The Kier molecular flexibility index (Phi) is 7.62. The summed E-state index contributed by atoms with van der Waals surface area (Å²) >= 11 is 0. The normalized spacial score (nSPS) is 11.5. The maximum atomic E-state index is 12.8. The van der Waals surface area contributed by atoms with E-state index in [1.54, 1.807) is 10.9 Å². The third-order valence-electron chi connectivity index (χ3n) is 4.69. The summed E-state index contributed by atoms with van der Waals surface area (Å²) in [4.78, 5) is 12.2. The van der Waals surface area contributed by atoms with Gasteiger partial charge in [0.05, 0.1) is 31.6 Å². The second-order valence-electron chi connectivity index (χ2n) is 7.26. The molecule has 0 aliphatic heterocycles. The van der Waals surface area contributed by atoms with E-state index in [2.05, 4.69) is 15.5 Å². The molecule has 0 radical (unpaired) electrons. The molecule has 0 saturated heterocycles. The Hall–Kier alpha value is -3.50. The van der Waals surface area contributed by atoms with Gasteiger partial charge in [-0.25, -0.2) is 0 Å². The van der Waals surface area contributed by atoms with E-state index in [0.717, 1.165) is 11.6 Å². The van der Waals surface area contributed by atoms with Crippen molar-refractivity contribution in [1.82, 2.24) is 19.6 Å². The smallest absolute Gasteiger partial charge is 0.435 e. The van der Waals surface area contributed by atoms with Crippen LogP contribution in [0.4, 0.5) is 18.9 Å². The van der Waals surface area contributed by atoms with Gasteiger partial charge in [0.25, 0.3) is 0 Å². The number of aromatic nitrogens is 4. The predicted octanol–water partition coefficient (Wildman–Crippen LogP) is 4.28. The first kappa shape index (κ1) is 24.1. The molecule has 3 aromatic rings. The Morgan fingerprint density at radius 2 is 1.85 bits per heavy atom. The first-order chi connectivity index (χ1) is 15.7. The van der Waals surface area contributed by atoms with Crippen LogP contribution in [-0.4, -0.2) is 38.7 Å². The van der Waals surface area contributed by atoms with E-state index in [9.17, 15) is 18.0 Å². The fraction of sp³-hybridized carbons (Fsp3) is 0.409. The average Bonchev–Trinajstić information content (AvgIpc) is 3.34. The molecule has 11 heteroatoms. The Labute approximate surface area is 189 Å². The van der Waals surface area contributed by atoms with Gasteiger partial charge in [0.2, 0.25) is 5.91 Å². The molecule has 0 aliphatic carbocycles. The monoisotopic (exact) mass is 465 g/mol. The quantitative estimate of drug-likeness (QED) is 0.483. The third-order valence-corrected chi connectivity index (χ3v) is 4.69. The van der Waals surface area contributed by atoms with Gasteiger partial charge in [0, 0.05) is 24.9 Å². The number of aryl methyl sites for hydroxylation is 2. The van der Waals surface area contributed by atoms with Crippen LogP contribution in [0, 0.1) is 6.92 Å². The summed E-state index contributed by atoms with van der Waals surface area (Å²) in [7, 11) is 0. The second-order valence-corrected chi connectivity index (χ2v) is 7.26. The lowest BCUT2D eigenvalue weighted by Gasteiger charge is -2.12. The lowest BCUT2D eigenvalue weighted by molar-refractivity contribution is -0.141. The maximum absolute atomic E-state index is 12.8. The molecule has 0 unspecified atom stereocenters. The fourth-order valence-electron chi connectivity index (χ4n) is 3.20. The van der Waals surface area contributed by atoms with Crippen molar-refractivity contribution >= 4 is 11.6 Å². The molecule has 1 N–H and O–H groups in total. The summed E-state index contributed by atoms with van der Waals surface area (Å²) in [6.45, 7) is 6.85. The van der Waals surface area contributed by atoms with Crippen molar-refractivity contribution in [1.29, 1.82) is 0 Å². The number of alkyl halides is 3. The molecule has 178 valence electrons. The highest BCUT2D eigenvalue weighted by Gasteiger charge is 2.34.